The summed E-state index contributed by atoms with van der Waals surface area (Å²) in [5.74, 6) is 1.44. The van der Waals surface area contributed by atoms with E-state index in [4.69, 9.17) is 17.0 Å². The largest absolute Gasteiger partial charge is 0.457 e. The van der Waals surface area contributed by atoms with Gasteiger partial charge in [0.05, 0.1) is 5.25 Å². The number of amides is 1. The number of hydrogen-bond acceptors (Lipinski definition) is 4. The van der Waals surface area contributed by atoms with E-state index in [9.17, 15) is 4.79 Å². The maximum atomic E-state index is 13.0. The molecule has 0 aromatic heterocycles. The first-order chi connectivity index (χ1) is 18.0. The van der Waals surface area contributed by atoms with Gasteiger partial charge < -0.3 is 20.7 Å². The molecule has 0 saturated carbocycles. The van der Waals surface area contributed by atoms with Crippen molar-refractivity contribution in [3.05, 3.63) is 109 Å². The van der Waals surface area contributed by atoms with Gasteiger partial charge in [-0.05, 0) is 92.3 Å². The Morgan fingerprint density at radius 3 is 2.11 bits per heavy atom. The van der Waals surface area contributed by atoms with E-state index in [0.29, 0.717) is 17.3 Å². The van der Waals surface area contributed by atoms with E-state index in [1.54, 1.807) is 0 Å². The van der Waals surface area contributed by atoms with E-state index >= 15 is 0 Å². The number of benzene rings is 4. The van der Waals surface area contributed by atoms with E-state index in [-0.39, 0.29) is 11.2 Å². The summed E-state index contributed by atoms with van der Waals surface area (Å²) in [7, 11) is 0. The topological polar surface area (TPSA) is 62.4 Å². The van der Waals surface area contributed by atoms with Crippen molar-refractivity contribution in [1.82, 2.24) is 0 Å². The fourth-order valence-electron chi connectivity index (χ4n) is 3.52. The Morgan fingerprint density at radius 1 is 0.784 bits per heavy atom. The summed E-state index contributed by atoms with van der Waals surface area (Å²) in [6.07, 6.45) is 0.691. The number of para-hydroxylation sites is 1. The third-order valence-electron chi connectivity index (χ3n) is 5.44. The van der Waals surface area contributed by atoms with Crippen molar-refractivity contribution in [2.75, 3.05) is 16.0 Å². The Bertz CT molecular complexity index is 1330. The molecule has 0 aliphatic rings. The van der Waals surface area contributed by atoms with Crippen molar-refractivity contribution >= 4 is 52.1 Å². The number of nitrogens with one attached hydrogen (secondary N) is 3. The highest BCUT2D eigenvalue weighted by Crippen LogP contribution is 2.29. The van der Waals surface area contributed by atoms with Crippen LogP contribution >= 0.6 is 24.0 Å². The molecule has 0 aliphatic carbocycles. The zero-order chi connectivity index (χ0) is 26.0. The molecule has 4 aromatic carbocycles. The smallest absolute Gasteiger partial charge is 0.237 e. The maximum Gasteiger partial charge on any atom is 0.237 e. The molecule has 0 aliphatic heterocycles. The summed E-state index contributed by atoms with van der Waals surface area (Å²) in [6, 6.07) is 32.9. The number of rotatable bonds is 9. The van der Waals surface area contributed by atoms with Gasteiger partial charge in [0.1, 0.15) is 11.5 Å². The molecule has 7 heteroatoms. The van der Waals surface area contributed by atoms with Crippen LogP contribution in [-0.2, 0) is 4.79 Å². The zero-order valence-corrected chi connectivity index (χ0v) is 22.4. The van der Waals surface area contributed by atoms with Crippen LogP contribution in [0.5, 0.6) is 11.5 Å². The molecular weight excluding hydrogens is 498 g/mol. The highest BCUT2D eigenvalue weighted by molar-refractivity contribution is 8.00. The molecule has 4 aromatic rings. The first-order valence-corrected chi connectivity index (χ1v) is 13.3. The third-order valence-corrected chi connectivity index (χ3v) is 7.01. The average Bonchev–Trinajstić information content (AvgIpc) is 2.90. The molecule has 0 spiro atoms. The van der Waals surface area contributed by atoms with Gasteiger partial charge in [-0.15, -0.1) is 11.8 Å². The predicted octanol–water partition coefficient (Wildman–Crippen LogP) is 8.11. The lowest BCUT2D eigenvalue weighted by Gasteiger charge is -2.16. The van der Waals surface area contributed by atoms with Gasteiger partial charge in [-0.1, -0.05) is 48.9 Å². The Labute approximate surface area is 227 Å². The van der Waals surface area contributed by atoms with Crippen molar-refractivity contribution in [3.8, 4) is 11.5 Å². The SMILES string of the molecule is CCC(Sc1cccc(NC(=S)Nc2ccc(C)cc2)c1)C(=O)Nc1ccc(Oc2ccccc2)cc1. The van der Waals surface area contributed by atoms with Gasteiger partial charge >= 0.3 is 0 Å². The molecule has 0 saturated heterocycles. The molecule has 0 heterocycles. The van der Waals surface area contributed by atoms with E-state index in [1.165, 1.54) is 17.3 Å². The van der Waals surface area contributed by atoms with Crippen molar-refractivity contribution in [2.24, 2.45) is 0 Å². The second-order valence-electron chi connectivity index (χ2n) is 8.42. The van der Waals surface area contributed by atoms with Gasteiger partial charge in [0.15, 0.2) is 5.11 Å². The minimum Gasteiger partial charge on any atom is -0.457 e. The quantitative estimate of drug-likeness (QED) is 0.151. The molecule has 0 radical (unpaired) electrons. The van der Waals surface area contributed by atoms with E-state index in [2.05, 4.69) is 16.0 Å². The molecule has 1 atom stereocenters. The van der Waals surface area contributed by atoms with Gasteiger partial charge in [0, 0.05) is 22.0 Å². The highest BCUT2D eigenvalue weighted by Gasteiger charge is 2.18. The molecule has 37 heavy (non-hydrogen) atoms. The van der Waals surface area contributed by atoms with Crippen LogP contribution in [0.2, 0.25) is 0 Å². The Morgan fingerprint density at radius 2 is 1.41 bits per heavy atom. The van der Waals surface area contributed by atoms with Gasteiger partial charge in [-0.25, -0.2) is 0 Å². The number of anilines is 3. The van der Waals surface area contributed by atoms with Crippen LogP contribution in [0.25, 0.3) is 0 Å². The van der Waals surface area contributed by atoms with E-state index in [0.717, 1.165) is 27.7 Å². The monoisotopic (exact) mass is 527 g/mol. The number of hydrogen-bond donors (Lipinski definition) is 3. The predicted molar refractivity (Wildman–Crippen MR) is 159 cm³/mol. The maximum absolute atomic E-state index is 13.0. The minimum absolute atomic E-state index is 0.0425. The summed E-state index contributed by atoms with van der Waals surface area (Å²) in [5.41, 5.74) is 3.71. The number of thioether (sulfide) groups is 1. The molecule has 4 rings (SSSR count). The molecular formula is C30H29N3O2S2. The van der Waals surface area contributed by atoms with E-state index < -0.39 is 0 Å². The zero-order valence-electron chi connectivity index (χ0n) is 20.7. The lowest BCUT2D eigenvalue weighted by atomic mass is 10.2. The molecule has 1 unspecified atom stereocenters. The Kier molecular flexibility index (Phi) is 9.18. The van der Waals surface area contributed by atoms with Crippen LogP contribution in [0.3, 0.4) is 0 Å². The van der Waals surface area contributed by atoms with Crippen LogP contribution in [0, 0.1) is 6.92 Å². The summed E-state index contributed by atoms with van der Waals surface area (Å²) in [6.45, 7) is 4.06. The lowest BCUT2D eigenvalue weighted by Crippen LogP contribution is -2.24. The third kappa shape index (κ3) is 8.10. The van der Waals surface area contributed by atoms with Crippen LogP contribution in [0.15, 0.2) is 108 Å². The van der Waals surface area contributed by atoms with Crippen LogP contribution in [-0.4, -0.2) is 16.3 Å². The first-order valence-electron chi connectivity index (χ1n) is 12.0. The Balaban J connectivity index is 1.32. The fraction of sp³-hybridized carbons (Fsp3) is 0.133. The van der Waals surface area contributed by atoms with E-state index in [1.807, 2.05) is 117 Å². The van der Waals surface area contributed by atoms with Crippen LogP contribution < -0.4 is 20.7 Å². The van der Waals surface area contributed by atoms with Crippen LogP contribution in [0.4, 0.5) is 17.1 Å². The van der Waals surface area contributed by atoms with Crippen molar-refractivity contribution in [3.63, 3.8) is 0 Å². The summed E-state index contributed by atoms with van der Waals surface area (Å²) in [4.78, 5) is 14.0. The van der Waals surface area contributed by atoms with Crippen molar-refractivity contribution in [1.29, 1.82) is 0 Å². The number of aryl methyl sites for hydroxylation is 1. The molecule has 0 bridgehead atoms. The summed E-state index contributed by atoms with van der Waals surface area (Å²) < 4.78 is 5.83. The molecule has 1 amide bonds. The first kappa shape index (κ1) is 26.3. The Hall–Kier alpha value is -3.81. The van der Waals surface area contributed by atoms with Crippen molar-refractivity contribution < 1.29 is 9.53 Å². The number of ether oxygens (including phenoxy) is 1. The minimum atomic E-state index is -0.242. The van der Waals surface area contributed by atoms with Gasteiger partial charge in [-0.3, -0.25) is 4.79 Å². The normalized spacial score (nSPS) is 11.3. The standard InChI is InChI=1S/C30H29N3O2S2/c1-3-28(29(34)31-22-16-18-26(19-17-22)35-25-9-5-4-6-10-25)37-27-11-7-8-24(20-27)33-30(36)32-23-14-12-21(2)13-15-23/h4-20,28H,3H2,1-2H3,(H,31,34)(H2,32,33,36). The van der Waals surface area contributed by atoms with Gasteiger partial charge in [0.2, 0.25) is 5.91 Å². The summed E-state index contributed by atoms with van der Waals surface area (Å²) in [5, 5.41) is 9.70. The lowest BCUT2D eigenvalue weighted by molar-refractivity contribution is -0.115. The number of thiocarbonyl (C=S) groups is 1. The highest BCUT2D eigenvalue weighted by atomic mass is 32.2. The molecule has 5 nitrogen and oxygen atoms in total. The van der Waals surface area contributed by atoms with Gasteiger partial charge in [-0.2, -0.15) is 0 Å². The fourth-order valence-corrected chi connectivity index (χ4v) is 4.77. The number of carbonyl (C=O) groups excluding carboxylic acids is 1. The summed E-state index contributed by atoms with van der Waals surface area (Å²) >= 11 is 6.99. The van der Waals surface area contributed by atoms with Gasteiger partial charge in [0.25, 0.3) is 0 Å². The van der Waals surface area contributed by atoms with Crippen molar-refractivity contribution in [2.45, 2.75) is 30.4 Å². The van der Waals surface area contributed by atoms with Crippen LogP contribution in [0.1, 0.15) is 18.9 Å². The molecule has 188 valence electrons. The number of carbonyl (C=O) groups is 1. The molecule has 3 N–H and O–H groups in total. The second-order valence-corrected chi connectivity index (χ2v) is 10.1. The second kappa shape index (κ2) is 12.9. The average molecular weight is 528 g/mol. The molecule has 0 fully saturated rings.